The molecule has 2 aliphatic rings. The minimum absolute atomic E-state index is 0.00771. The van der Waals surface area contributed by atoms with Crippen LogP contribution in [0.15, 0.2) is 42.5 Å². The standard InChI is InChI=1S/C30H40FN3O4/c1-20(2)37-30(36)34-16-12-22(13-17-34)21(3)38-26-10-8-23(9-11-26)24-6-7-25(27(31)18-24)19-28(32)29(35)33-14-4-5-15-33/h6-11,18,20-22,28H,4-5,12-17,19,32H2,1-3H3/t21-,28?/m1/s1. The first-order valence-corrected chi connectivity index (χ1v) is 13.8. The van der Waals surface area contributed by atoms with Crippen molar-refractivity contribution in [3.8, 4) is 16.9 Å². The highest BCUT2D eigenvalue weighted by atomic mass is 19.1. The fraction of sp³-hybridized carbons (Fsp3) is 0.533. The van der Waals surface area contributed by atoms with Crippen LogP contribution in [-0.2, 0) is 16.0 Å². The molecule has 2 saturated heterocycles. The summed E-state index contributed by atoms with van der Waals surface area (Å²) in [5.74, 6) is 0.647. The van der Waals surface area contributed by atoms with Crippen LogP contribution in [0.4, 0.5) is 9.18 Å². The Morgan fingerprint density at radius 1 is 0.947 bits per heavy atom. The van der Waals surface area contributed by atoms with Crippen LogP contribution in [0.2, 0.25) is 0 Å². The van der Waals surface area contributed by atoms with Gasteiger partial charge in [-0.2, -0.15) is 0 Å². The molecule has 2 atom stereocenters. The molecule has 2 heterocycles. The van der Waals surface area contributed by atoms with Gasteiger partial charge in [0.05, 0.1) is 18.2 Å². The first kappa shape index (κ1) is 27.9. The van der Waals surface area contributed by atoms with E-state index in [1.165, 1.54) is 6.07 Å². The van der Waals surface area contributed by atoms with E-state index in [9.17, 15) is 14.0 Å². The van der Waals surface area contributed by atoms with Gasteiger partial charge in [-0.15, -0.1) is 0 Å². The van der Waals surface area contributed by atoms with E-state index in [2.05, 4.69) is 6.92 Å². The number of amides is 2. The Hall–Kier alpha value is -3.13. The zero-order chi connectivity index (χ0) is 27.2. The monoisotopic (exact) mass is 525 g/mol. The fourth-order valence-electron chi connectivity index (χ4n) is 5.25. The van der Waals surface area contributed by atoms with Crippen LogP contribution in [0.25, 0.3) is 11.1 Å². The summed E-state index contributed by atoms with van der Waals surface area (Å²) in [6.07, 6.45) is 3.56. The van der Waals surface area contributed by atoms with Gasteiger partial charge in [0.2, 0.25) is 5.91 Å². The SMILES string of the molecule is CC(C)OC(=O)N1CCC([C@@H](C)Oc2ccc(-c3ccc(CC(N)C(=O)N4CCCC4)c(F)c3)cc2)CC1. The number of nitrogens with zero attached hydrogens (tertiary/aromatic N) is 2. The number of ether oxygens (including phenoxy) is 2. The second-order valence-electron chi connectivity index (χ2n) is 10.8. The second kappa shape index (κ2) is 12.6. The molecule has 2 N–H and O–H groups in total. The van der Waals surface area contributed by atoms with Gasteiger partial charge in [0.15, 0.2) is 0 Å². The minimum Gasteiger partial charge on any atom is -0.490 e. The van der Waals surface area contributed by atoms with Crippen LogP contribution in [-0.4, -0.2) is 66.2 Å². The summed E-state index contributed by atoms with van der Waals surface area (Å²) in [7, 11) is 0. The maximum atomic E-state index is 14.9. The van der Waals surface area contributed by atoms with Gasteiger partial charge in [0.1, 0.15) is 11.6 Å². The van der Waals surface area contributed by atoms with Crippen LogP contribution in [0.5, 0.6) is 5.75 Å². The maximum Gasteiger partial charge on any atom is 0.410 e. The molecule has 0 saturated carbocycles. The molecule has 8 heteroatoms. The molecule has 38 heavy (non-hydrogen) atoms. The van der Waals surface area contributed by atoms with Gasteiger partial charge < -0.3 is 25.0 Å². The molecule has 0 bridgehead atoms. The quantitative estimate of drug-likeness (QED) is 0.524. The third-order valence-electron chi connectivity index (χ3n) is 7.54. The minimum atomic E-state index is -0.729. The zero-order valence-corrected chi connectivity index (χ0v) is 22.7. The average molecular weight is 526 g/mol. The van der Waals surface area contributed by atoms with Crippen molar-refractivity contribution in [1.29, 1.82) is 0 Å². The molecule has 2 fully saturated rings. The van der Waals surface area contributed by atoms with E-state index in [0.717, 1.165) is 55.6 Å². The number of rotatable bonds is 8. The van der Waals surface area contributed by atoms with Crippen molar-refractivity contribution in [1.82, 2.24) is 9.80 Å². The lowest BCUT2D eigenvalue weighted by Crippen LogP contribution is -2.43. The zero-order valence-electron chi connectivity index (χ0n) is 22.7. The molecular weight excluding hydrogens is 485 g/mol. The highest BCUT2D eigenvalue weighted by Crippen LogP contribution is 2.28. The predicted octanol–water partition coefficient (Wildman–Crippen LogP) is 5.01. The molecular formula is C30H40FN3O4. The van der Waals surface area contributed by atoms with E-state index in [0.29, 0.717) is 24.6 Å². The molecule has 2 aromatic rings. The Balaban J connectivity index is 1.29. The van der Waals surface area contributed by atoms with Gasteiger partial charge in [-0.3, -0.25) is 4.79 Å². The Kier molecular flexibility index (Phi) is 9.26. The molecule has 0 aromatic heterocycles. The van der Waals surface area contributed by atoms with Gasteiger partial charge in [-0.1, -0.05) is 24.3 Å². The highest BCUT2D eigenvalue weighted by Gasteiger charge is 2.28. The van der Waals surface area contributed by atoms with Crippen molar-refractivity contribution in [2.24, 2.45) is 11.7 Å². The van der Waals surface area contributed by atoms with Gasteiger partial charge in [-0.25, -0.2) is 9.18 Å². The number of likely N-dealkylation sites (tertiary alicyclic amines) is 2. The number of hydrogen-bond donors (Lipinski definition) is 1. The Morgan fingerprint density at radius 3 is 2.18 bits per heavy atom. The summed E-state index contributed by atoms with van der Waals surface area (Å²) in [5.41, 5.74) is 8.18. The van der Waals surface area contributed by atoms with Gasteiger partial charge in [0.25, 0.3) is 0 Å². The van der Waals surface area contributed by atoms with Crippen LogP contribution in [0.1, 0.15) is 52.0 Å². The van der Waals surface area contributed by atoms with E-state index in [4.69, 9.17) is 15.2 Å². The third kappa shape index (κ3) is 7.04. The first-order chi connectivity index (χ1) is 18.2. The summed E-state index contributed by atoms with van der Waals surface area (Å²) in [5, 5.41) is 0. The fourth-order valence-corrected chi connectivity index (χ4v) is 5.25. The van der Waals surface area contributed by atoms with Crippen molar-refractivity contribution in [2.45, 2.75) is 71.1 Å². The lowest BCUT2D eigenvalue weighted by atomic mass is 9.92. The molecule has 0 radical (unpaired) electrons. The van der Waals surface area contributed by atoms with E-state index in [-0.39, 0.29) is 36.4 Å². The number of piperidine rings is 1. The normalized spacial score (nSPS) is 17.9. The molecule has 0 spiro atoms. The van der Waals surface area contributed by atoms with Crippen molar-refractivity contribution in [3.05, 3.63) is 53.8 Å². The second-order valence-corrected chi connectivity index (χ2v) is 10.8. The summed E-state index contributed by atoms with van der Waals surface area (Å²) in [6.45, 7) is 8.58. The lowest BCUT2D eigenvalue weighted by molar-refractivity contribution is -0.131. The van der Waals surface area contributed by atoms with Crippen molar-refractivity contribution in [2.75, 3.05) is 26.2 Å². The number of carbonyl (C=O) groups excluding carboxylic acids is 2. The smallest absolute Gasteiger partial charge is 0.410 e. The molecule has 206 valence electrons. The number of nitrogens with two attached hydrogens (primary N) is 1. The van der Waals surface area contributed by atoms with Crippen molar-refractivity contribution < 1.29 is 23.5 Å². The Bertz CT molecular complexity index is 1090. The summed E-state index contributed by atoms with van der Waals surface area (Å²) >= 11 is 0. The maximum absolute atomic E-state index is 14.9. The topological polar surface area (TPSA) is 85.1 Å². The van der Waals surface area contributed by atoms with Crippen LogP contribution in [0.3, 0.4) is 0 Å². The number of halogens is 1. The molecule has 2 aliphatic heterocycles. The summed E-state index contributed by atoms with van der Waals surface area (Å²) in [6, 6.07) is 12.0. The van der Waals surface area contributed by atoms with Gasteiger partial charge in [0, 0.05) is 26.2 Å². The van der Waals surface area contributed by atoms with E-state index >= 15 is 0 Å². The Labute approximate surface area is 225 Å². The van der Waals surface area contributed by atoms with E-state index < -0.39 is 6.04 Å². The van der Waals surface area contributed by atoms with Crippen molar-refractivity contribution >= 4 is 12.0 Å². The van der Waals surface area contributed by atoms with Gasteiger partial charge >= 0.3 is 6.09 Å². The summed E-state index contributed by atoms with van der Waals surface area (Å²) in [4.78, 5) is 28.1. The number of benzene rings is 2. The van der Waals surface area contributed by atoms with Crippen LogP contribution >= 0.6 is 0 Å². The Morgan fingerprint density at radius 2 is 1.58 bits per heavy atom. The molecule has 2 aromatic carbocycles. The molecule has 0 aliphatic carbocycles. The largest absolute Gasteiger partial charge is 0.490 e. The predicted molar refractivity (Wildman–Crippen MR) is 145 cm³/mol. The van der Waals surface area contributed by atoms with E-state index in [1.54, 1.807) is 15.9 Å². The van der Waals surface area contributed by atoms with Crippen LogP contribution in [0, 0.1) is 11.7 Å². The lowest BCUT2D eigenvalue weighted by Gasteiger charge is -2.34. The molecule has 2 amide bonds. The van der Waals surface area contributed by atoms with Crippen molar-refractivity contribution in [3.63, 3.8) is 0 Å². The molecule has 1 unspecified atom stereocenters. The molecule has 4 rings (SSSR count). The number of carbonyl (C=O) groups is 2. The van der Waals surface area contributed by atoms with E-state index in [1.807, 2.05) is 44.2 Å². The third-order valence-corrected chi connectivity index (χ3v) is 7.54. The average Bonchev–Trinajstić information content (AvgIpc) is 3.44. The van der Waals surface area contributed by atoms with Gasteiger partial charge in [-0.05, 0) is 93.7 Å². The van der Waals surface area contributed by atoms with Crippen LogP contribution < -0.4 is 10.5 Å². The highest BCUT2D eigenvalue weighted by molar-refractivity contribution is 5.82. The number of hydrogen-bond acceptors (Lipinski definition) is 5. The molecule has 7 nitrogen and oxygen atoms in total. The first-order valence-electron chi connectivity index (χ1n) is 13.8. The summed E-state index contributed by atoms with van der Waals surface area (Å²) < 4.78 is 26.4.